The maximum atomic E-state index is 12.6. The van der Waals surface area contributed by atoms with E-state index in [4.69, 9.17) is 16.3 Å². The smallest absolute Gasteiger partial charge is 0.234 e. The number of hydrogen-bond donors (Lipinski definition) is 1. The maximum absolute atomic E-state index is 12.6. The van der Waals surface area contributed by atoms with Crippen molar-refractivity contribution in [2.24, 2.45) is 0 Å². The number of amides is 1. The van der Waals surface area contributed by atoms with E-state index in [1.54, 1.807) is 0 Å². The minimum absolute atomic E-state index is 0.0319. The molecule has 9 heteroatoms. The molecule has 0 aliphatic heterocycles. The molecule has 0 bridgehead atoms. The SMILES string of the molecule is CCOc1ccccc1NC(=O)CSc1nnc(C(C)N(C)C)n1-c1ccc(Cl)cc1. The third-order valence-electron chi connectivity index (χ3n) is 4.68. The van der Waals surface area contributed by atoms with Crippen LogP contribution in [0.1, 0.15) is 25.7 Å². The lowest BCUT2D eigenvalue weighted by Gasteiger charge is -2.20. The summed E-state index contributed by atoms with van der Waals surface area (Å²) in [5, 5.41) is 13.0. The Morgan fingerprint density at radius 3 is 2.58 bits per heavy atom. The van der Waals surface area contributed by atoms with Crippen LogP contribution in [0.4, 0.5) is 5.69 Å². The normalized spacial score (nSPS) is 12.1. The molecule has 1 aromatic heterocycles. The number of halogens is 1. The van der Waals surface area contributed by atoms with E-state index in [2.05, 4.69) is 27.3 Å². The second kappa shape index (κ2) is 10.7. The molecule has 1 atom stereocenters. The first-order valence-electron chi connectivity index (χ1n) is 9.92. The van der Waals surface area contributed by atoms with Crippen molar-refractivity contribution in [3.63, 3.8) is 0 Å². The number of benzene rings is 2. The summed E-state index contributed by atoms with van der Waals surface area (Å²) in [5.74, 6) is 1.47. The van der Waals surface area contributed by atoms with Crippen LogP contribution in [0.3, 0.4) is 0 Å². The van der Waals surface area contributed by atoms with Gasteiger partial charge in [0.1, 0.15) is 5.75 Å². The monoisotopic (exact) mass is 459 g/mol. The number of thioether (sulfide) groups is 1. The molecule has 2 aromatic carbocycles. The van der Waals surface area contributed by atoms with Gasteiger partial charge in [0.2, 0.25) is 5.91 Å². The fourth-order valence-electron chi connectivity index (χ4n) is 2.88. The highest BCUT2D eigenvalue weighted by Gasteiger charge is 2.21. The van der Waals surface area contributed by atoms with Gasteiger partial charge in [0.15, 0.2) is 11.0 Å². The lowest BCUT2D eigenvalue weighted by Crippen LogP contribution is -2.21. The van der Waals surface area contributed by atoms with Crippen LogP contribution in [0.5, 0.6) is 5.75 Å². The van der Waals surface area contributed by atoms with Crippen LogP contribution in [0.25, 0.3) is 5.69 Å². The van der Waals surface area contributed by atoms with Crippen LogP contribution < -0.4 is 10.1 Å². The van der Waals surface area contributed by atoms with E-state index in [1.807, 2.05) is 74.1 Å². The molecule has 1 N–H and O–H groups in total. The molecule has 0 radical (unpaired) electrons. The van der Waals surface area contributed by atoms with Crippen LogP contribution >= 0.6 is 23.4 Å². The van der Waals surface area contributed by atoms with Gasteiger partial charge in [0, 0.05) is 10.7 Å². The molecule has 3 aromatic rings. The molecule has 0 saturated carbocycles. The van der Waals surface area contributed by atoms with Crippen molar-refractivity contribution in [2.75, 3.05) is 31.8 Å². The van der Waals surface area contributed by atoms with Gasteiger partial charge in [-0.3, -0.25) is 14.3 Å². The number of carbonyl (C=O) groups is 1. The van der Waals surface area contributed by atoms with Crippen LogP contribution in [0.15, 0.2) is 53.7 Å². The van der Waals surface area contributed by atoms with Crippen molar-refractivity contribution in [1.29, 1.82) is 0 Å². The molecule has 0 spiro atoms. The molecule has 0 saturated heterocycles. The zero-order valence-electron chi connectivity index (χ0n) is 18.0. The lowest BCUT2D eigenvalue weighted by atomic mass is 10.2. The third-order valence-corrected chi connectivity index (χ3v) is 5.87. The molecule has 0 fully saturated rings. The average molecular weight is 460 g/mol. The van der Waals surface area contributed by atoms with Crippen molar-refractivity contribution in [2.45, 2.75) is 25.0 Å². The minimum Gasteiger partial charge on any atom is -0.492 e. The Balaban J connectivity index is 1.80. The molecule has 7 nitrogen and oxygen atoms in total. The van der Waals surface area contributed by atoms with Gasteiger partial charge in [-0.1, -0.05) is 35.5 Å². The number of para-hydroxylation sites is 2. The van der Waals surface area contributed by atoms with Crippen molar-refractivity contribution < 1.29 is 9.53 Å². The number of rotatable bonds is 9. The first kappa shape index (κ1) is 23.1. The Hall–Kier alpha value is -2.55. The van der Waals surface area contributed by atoms with Crippen molar-refractivity contribution in [3.8, 4) is 11.4 Å². The molecule has 31 heavy (non-hydrogen) atoms. The molecule has 0 aliphatic rings. The summed E-state index contributed by atoms with van der Waals surface area (Å²) in [7, 11) is 3.98. The number of aromatic nitrogens is 3. The van der Waals surface area contributed by atoms with Crippen LogP contribution in [0.2, 0.25) is 5.02 Å². The zero-order chi connectivity index (χ0) is 22.4. The highest BCUT2D eigenvalue weighted by atomic mass is 35.5. The summed E-state index contributed by atoms with van der Waals surface area (Å²) in [4.78, 5) is 14.7. The standard InChI is InChI=1S/C22H26ClN5O2S/c1-5-30-19-9-7-6-8-18(19)24-20(29)14-31-22-26-25-21(15(2)27(3)4)28(22)17-12-10-16(23)11-13-17/h6-13,15H,5,14H2,1-4H3,(H,24,29). The summed E-state index contributed by atoms with van der Waals surface area (Å²) in [6.07, 6.45) is 0. The Morgan fingerprint density at radius 1 is 1.19 bits per heavy atom. The van der Waals surface area contributed by atoms with Crippen molar-refractivity contribution >= 4 is 35.0 Å². The van der Waals surface area contributed by atoms with Gasteiger partial charge in [-0.25, -0.2) is 0 Å². The van der Waals surface area contributed by atoms with Gasteiger partial charge in [-0.15, -0.1) is 10.2 Å². The zero-order valence-corrected chi connectivity index (χ0v) is 19.6. The predicted octanol–water partition coefficient (Wildman–Crippen LogP) is 4.67. The summed E-state index contributed by atoms with van der Waals surface area (Å²) < 4.78 is 7.54. The Labute approximate surface area is 191 Å². The number of carbonyl (C=O) groups excluding carboxylic acids is 1. The Morgan fingerprint density at radius 2 is 1.90 bits per heavy atom. The quantitative estimate of drug-likeness (QED) is 0.469. The first-order valence-corrected chi connectivity index (χ1v) is 11.3. The number of anilines is 1. The van der Waals surface area contributed by atoms with E-state index in [-0.39, 0.29) is 17.7 Å². The Bertz CT molecular complexity index is 1020. The number of ether oxygens (including phenoxy) is 1. The van der Waals surface area contributed by atoms with Gasteiger partial charge >= 0.3 is 0 Å². The largest absolute Gasteiger partial charge is 0.492 e. The van der Waals surface area contributed by atoms with Gasteiger partial charge in [0.05, 0.1) is 24.1 Å². The fourth-order valence-corrected chi connectivity index (χ4v) is 3.76. The summed E-state index contributed by atoms with van der Waals surface area (Å²) in [5.41, 5.74) is 1.54. The number of nitrogens with one attached hydrogen (secondary N) is 1. The van der Waals surface area contributed by atoms with Crippen LogP contribution in [-0.2, 0) is 4.79 Å². The lowest BCUT2D eigenvalue weighted by molar-refractivity contribution is -0.113. The second-order valence-corrected chi connectivity index (χ2v) is 8.44. The molecular weight excluding hydrogens is 434 g/mol. The maximum Gasteiger partial charge on any atom is 0.234 e. The highest BCUT2D eigenvalue weighted by Crippen LogP contribution is 2.28. The highest BCUT2D eigenvalue weighted by molar-refractivity contribution is 7.99. The Kier molecular flexibility index (Phi) is 7.95. The van der Waals surface area contributed by atoms with Crippen LogP contribution in [0, 0.1) is 0 Å². The molecule has 164 valence electrons. The molecule has 1 heterocycles. The number of nitrogens with zero attached hydrogens (tertiary/aromatic N) is 4. The van der Waals surface area contributed by atoms with E-state index in [0.29, 0.717) is 28.2 Å². The molecule has 1 unspecified atom stereocenters. The third kappa shape index (κ3) is 5.78. The van der Waals surface area contributed by atoms with Gasteiger partial charge in [-0.05, 0) is 64.3 Å². The van der Waals surface area contributed by atoms with E-state index in [9.17, 15) is 4.79 Å². The molecular formula is C22H26ClN5O2S. The van der Waals surface area contributed by atoms with Crippen molar-refractivity contribution in [1.82, 2.24) is 19.7 Å². The average Bonchev–Trinajstić information content (AvgIpc) is 3.17. The van der Waals surface area contributed by atoms with Gasteiger partial charge in [0.25, 0.3) is 0 Å². The van der Waals surface area contributed by atoms with E-state index < -0.39 is 0 Å². The summed E-state index contributed by atoms with van der Waals surface area (Å²) in [6, 6.07) is 14.9. The predicted molar refractivity (Wildman–Crippen MR) is 125 cm³/mol. The van der Waals surface area contributed by atoms with E-state index in [1.165, 1.54) is 11.8 Å². The molecule has 3 rings (SSSR count). The molecule has 1 amide bonds. The minimum atomic E-state index is -0.148. The topological polar surface area (TPSA) is 72.3 Å². The molecule has 0 aliphatic carbocycles. The van der Waals surface area contributed by atoms with Crippen LogP contribution in [-0.4, -0.2) is 52.0 Å². The van der Waals surface area contributed by atoms with Gasteiger partial charge in [-0.2, -0.15) is 0 Å². The summed E-state index contributed by atoms with van der Waals surface area (Å²) in [6.45, 7) is 4.49. The fraction of sp³-hybridized carbons (Fsp3) is 0.318. The van der Waals surface area contributed by atoms with Gasteiger partial charge < -0.3 is 10.1 Å². The first-order chi connectivity index (χ1) is 14.9. The number of hydrogen-bond acceptors (Lipinski definition) is 6. The summed E-state index contributed by atoms with van der Waals surface area (Å²) >= 11 is 7.39. The van der Waals surface area contributed by atoms with Crippen molar-refractivity contribution in [3.05, 3.63) is 59.4 Å². The van der Waals surface area contributed by atoms with E-state index >= 15 is 0 Å². The second-order valence-electron chi connectivity index (χ2n) is 7.06. The van der Waals surface area contributed by atoms with E-state index in [0.717, 1.165) is 11.5 Å².